The van der Waals surface area contributed by atoms with Gasteiger partial charge in [0.1, 0.15) is 0 Å². The van der Waals surface area contributed by atoms with E-state index in [1.165, 1.54) is 5.56 Å². The molecule has 1 aromatic heterocycles. The van der Waals surface area contributed by atoms with E-state index >= 15 is 0 Å². The van der Waals surface area contributed by atoms with E-state index in [-0.39, 0.29) is 0 Å². The standard InChI is InChI=1S/C17H19N5/c1-14-16(10-6-11-19-14)22-17(21-13-18)20-12-5-9-15-7-3-2-4-8-15/h2-4,6-8,10-11H,5,9,12H2,1H3,(H2,20,21,22). The molecule has 2 rings (SSSR count). The molecule has 0 bridgehead atoms. The van der Waals surface area contributed by atoms with Gasteiger partial charge >= 0.3 is 0 Å². The maximum atomic E-state index is 8.79. The van der Waals surface area contributed by atoms with Crippen molar-refractivity contribution in [2.45, 2.75) is 19.8 Å². The van der Waals surface area contributed by atoms with Gasteiger partial charge in [-0.2, -0.15) is 5.26 Å². The Morgan fingerprint density at radius 2 is 2.05 bits per heavy atom. The minimum absolute atomic E-state index is 0.451. The SMILES string of the molecule is Cc1ncccc1NC(=NC#N)NCCCc1ccccc1. The molecule has 0 fully saturated rings. The van der Waals surface area contributed by atoms with Crippen LogP contribution in [-0.2, 0) is 6.42 Å². The van der Waals surface area contributed by atoms with Gasteiger partial charge in [-0.05, 0) is 37.5 Å². The van der Waals surface area contributed by atoms with Crippen molar-refractivity contribution in [1.29, 1.82) is 5.26 Å². The number of aryl methyl sites for hydroxylation is 2. The van der Waals surface area contributed by atoms with Gasteiger partial charge in [0.15, 0.2) is 0 Å². The summed E-state index contributed by atoms with van der Waals surface area (Å²) in [6, 6.07) is 14.1. The summed E-state index contributed by atoms with van der Waals surface area (Å²) in [5, 5.41) is 15.0. The van der Waals surface area contributed by atoms with E-state index in [9.17, 15) is 0 Å². The third kappa shape index (κ3) is 4.91. The number of anilines is 1. The number of hydrogen-bond acceptors (Lipinski definition) is 3. The van der Waals surface area contributed by atoms with Gasteiger partial charge in [0.2, 0.25) is 12.2 Å². The van der Waals surface area contributed by atoms with Crippen molar-refractivity contribution in [3.63, 3.8) is 0 Å². The van der Waals surface area contributed by atoms with E-state index in [0.717, 1.165) is 30.8 Å². The first kappa shape index (κ1) is 15.5. The zero-order valence-corrected chi connectivity index (χ0v) is 12.6. The lowest BCUT2D eigenvalue weighted by atomic mass is 10.1. The second kappa shape index (κ2) is 8.42. The van der Waals surface area contributed by atoms with Crippen LogP contribution in [0.15, 0.2) is 53.7 Å². The minimum Gasteiger partial charge on any atom is -0.355 e. The molecular weight excluding hydrogens is 274 g/mol. The normalized spacial score (nSPS) is 10.8. The smallest absolute Gasteiger partial charge is 0.211 e. The summed E-state index contributed by atoms with van der Waals surface area (Å²) >= 11 is 0. The Balaban J connectivity index is 1.84. The minimum atomic E-state index is 0.451. The first-order chi connectivity index (χ1) is 10.8. The third-order valence-corrected chi connectivity index (χ3v) is 3.20. The summed E-state index contributed by atoms with van der Waals surface area (Å²) in [5.74, 6) is 0.451. The number of hydrogen-bond donors (Lipinski definition) is 2. The van der Waals surface area contributed by atoms with Crippen LogP contribution < -0.4 is 10.6 Å². The number of rotatable bonds is 5. The van der Waals surface area contributed by atoms with E-state index in [4.69, 9.17) is 5.26 Å². The van der Waals surface area contributed by atoms with Gasteiger partial charge < -0.3 is 10.6 Å². The van der Waals surface area contributed by atoms with Crippen molar-refractivity contribution in [3.05, 3.63) is 59.9 Å². The second-order valence-corrected chi connectivity index (χ2v) is 4.84. The molecule has 5 nitrogen and oxygen atoms in total. The van der Waals surface area contributed by atoms with Gasteiger partial charge in [-0.15, -0.1) is 4.99 Å². The Morgan fingerprint density at radius 1 is 1.23 bits per heavy atom. The van der Waals surface area contributed by atoms with Crippen molar-refractivity contribution < 1.29 is 0 Å². The topological polar surface area (TPSA) is 73.1 Å². The average Bonchev–Trinajstić information content (AvgIpc) is 2.55. The molecule has 0 aliphatic heterocycles. The first-order valence-electron chi connectivity index (χ1n) is 7.23. The van der Waals surface area contributed by atoms with Crippen LogP contribution >= 0.6 is 0 Å². The fourth-order valence-electron chi connectivity index (χ4n) is 2.05. The van der Waals surface area contributed by atoms with Gasteiger partial charge in [0, 0.05) is 12.7 Å². The lowest BCUT2D eigenvalue weighted by Crippen LogP contribution is -2.31. The quantitative estimate of drug-likeness (QED) is 0.385. The van der Waals surface area contributed by atoms with Crippen LogP contribution in [0.1, 0.15) is 17.7 Å². The van der Waals surface area contributed by atoms with Crippen LogP contribution in [0.25, 0.3) is 0 Å². The third-order valence-electron chi connectivity index (χ3n) is 3.20. The summed E-state index contributed by atoms with van der Waals surface area (Å²) in [4.78, 5) is 7.98. The van der Waals surface area contributed by atoms with Crippen LogP contribution in [0.4, 0.5) is 5.69 Å². The first-order valence-corrected chi connectivity index (χ1v) is 7.23. The Labute approximate surface area is 130 Å². The number of guanidine groups is 1. The van der Waals surface area contributed by atoms with E-state index in [2.05, 4.69) is 32.7 Å². The van der Waals surface area contributed by atoms with Gasteiger partial charge in [0.25, 0.3) is 0 Å². The summed E-state index contributed by atoms with van der Waals surface area (Å²) in [6.45, 7) is 2.64. The molecule has 0 atom stereocenters. The molecule has 0 spiro atoms. The van der Waals surface area contributed by atoms with Crippen molar-refractivity contribution in [1.82, 2.24) is 10.3 Å². The Hall–Kier alpha value is -2.87. The Morgan fingerprint density at radius 3 is 2.77 bits per heavy atom. The molecule has 1 heterocycles. The average molecular weight is 293 g/mol. The highest BCUT2D eigenvalue weighted by molar-refractivity contribution is 5.94. The summed E-state index contributed by atoms with van der Waals surface area (Å²) < 4.78 is 0. The van der Waals surface area contributed by atoms with Crippen molar-refractivity contribution >= 4 is 11.6 Å². The summed E-state index contributed by atoms with van der Waals surface area (Å²) in [6.07, 6.45) is 5.49. The highest BCUT2D eigenvalue weighted by Crippen LogP contribution is 2.09. The number of aliphatic imine (C=N–C) groups is 1. The van der Waals surface area contributed by atoms with Gasteiger partial charge in [-0.1, -0.05) is 30.3 Å². The highest BCUT2D eigenvalue weighted by atomic mass is 15.2. The molecule has 0 amide bonds. The van der Waals surface area contributed by atoms with Crippen LogP contribution in [-0.4, -0.2) is 17.5 Å². The molecule has 1 aromatic carbocycles. The maximum absolute atomic E-state index is 8.79. The van der Waals surface area contributed by atoms with Crippen LogP contribution in [0.5, 0.6) is 0 Å². The molecular formula is C17H19N5. The molecule has 0 radical (unpaired) electrons. The number of aromatic nitrogens is 1. The lowest BCUT2D eigenvalue weighted by molar-refractivity contribution is 0.772. The van der Waals surface area contributed by atoms with Crippen LogP contribution in [0.3, 0.4) is 0 Å². The molecule has 0 aliphatic rings. The van der Waals surface area contributed by atoms with E-state index < -0.39 is 0 Å². The van der Waals surface area contributed by atoms with Crippen molar-refractivity contribution in [2.75, 3.05) is 11.9 Å². The zero-order chi connectivity index (χ0) is 15.6. The number of nitrogens with one attached hydrogen (secondary N) is 2. The Kier molecular flexibility index (Phi) is 5.94. The fourth-order valence-corrected chi connectivity index (χ4v) is 2.05. The largest absolute Gasteiger partial charge is 0.355 e. The van der Waals surface area contributed by atoms with Gasteiger partial charge in [-0.3, -0.25) is 4.98 Å². The predicted octanol–water partition coefficient (Wildman–Crippen LogP) is 2.86. The van der Waals surface area contributed by atoms with Gasteiger partial charge in [-0.25, -0.2) is 0 Å². The summed E-state index contributed by atoms with van der Waals surface area (Å²) in [5.41, 5.74) is 3.01. The van der Waals surface area contributed by atoms with E-state index in [1.54, 1.807) is 6.20 Å². The van der Waals surface area contributed by atoms with Crippen molar-refractivity contribution in [2.24, 2.45) is 4.99 Å². The maximum Gasteiger partial charge on any atom is 0.211 e. The van der Waals surface area contributed by atoms with Crippen LogP contribution in [0, 0.1) is 18.4 Å². The predicted molar refractivity (Wildman–Crippen MR) is 88.4 cm³/mol. The number of nitriles is 1. The molecule has 0 unspecified atom stereocenters. The highest BCUT2D eigenvalue weighted by Gasteiger charge is 2.03. The molecule has 2 N–H and O–H groups in total. The number of benzene rings is 1. The molecule has 0 saturated heterocycles. The second-order valence-electron chi connectivity index (χ2n) is 4.84. The van der Waals surface area contributed by atoms with E-state index in [1.807, 2.05) is 43.4 Å². The molecule has 2 aromatic rings. The molecule has 112 valence electrons. The molecule has 5 heteroatoms. The zero-order valence-electron chi connectivity index (χ0n) is 12.6. The molecule has 0 aliphatic carbocycles. The van der Waals surface area contributed by atoms with Crippen molar-refractivity contribution in [3.8, 4) is 6.19 Å². The summed E-state index contributed by atoms with van der Waals surface area (Å²) in [7, 11) is 0. The fraction of sp³-hybridized carbons (Fsp3) is 0.235. The number of nitrogens with zero attached hydrogens (tertiary/aromatic N) is 3. The lowest BCUT2D eigenvalue weighted by Gasteiger charge is -2.12. The monoisotopic (exact) mass is 293 g/mol. The Bertz CT molecular complexity index is 658. The molecule has 22 heavy (non-hydrogen) atoms. The van der Waals surface area contributed by atoms with Gasteiger partial charge in [0.05, 0.1) is 11.4 Å². The van der Waals surface area contributed by atoms with Crippen LogP contribution in [0.2, 0.25) is 0 Å². The van der Waals surface area contributed by atoms with E-state index in [0.29, 0.717) is 5.96 Å². The molecule has 0 saturated carbocycles. The number of pyridine rings is 1.